The predicted molar refractivity (Wildman–Crippen MR) is 71.9 cm³/mol. The van der Waals surface area contributed by atoms with E-state index in [0.717, 1.165) is 5.92 Å². The smallest absolute Gasteiger partial charge is 0.234 e. The van der Waals surface area contributed by atoms with Gasteiger partial charge < -0.3 is 10.6 Å². The average molecular weight is 240 g/mol. The molecule has 3 nitrogen and oxygen atoms in total. The molecule has 1 fully saturated rings. The quantitative estimate of drug-likeness (QED) is 0.795. The van der Waals surface area contributed by atoms with Gasteiger partial charge in [-0.05, 0) is 51.9 Å². The van der Waals surface area contributed by atoms with Gasteiger partial charge in [-0.2, -0.15) is 0 Å². The molecule has 1 aliphatic rings. The highest BCUT2D eigenvalue weighted by atomic mass is 16.2. The molecule has 3 atom stereocenters. The van der Waals surface area contributed by atoms with E-state index < -0.39 is 0 Å². The summed E-state index contributed by atoms with van der Waals surface area (Å²) < 4.78 is 0. The molecule has 3 unspecified atom stereocenters. The maximum Gasteiger partial charge on any atom is 0.234 e. The van der Waals surface area contributed by atoms with E-state index in [1.165, 1.54) is 19.3 Å². The van der Waals surface area contributed by atoms with Gasteiger partial charge in [0.1, 0.15) is 0 Å². The van der Waals surface area contributed by atoms with Crippen molar-refractivity contribution in [3.05, 3.63) is 0 Å². The lowest BCUT2D eigenvalue weighted by Crippen LogP contribution is -2.48. The fourth-order valence-electron chi connectivity index (χ4n) is 2.65. The number of carbonyl (C=O) groups is 1. The summed E-state index contributed by atoms with van der Waals surface area (Å²) in [4.78, 5) is 11.7. The van der Waals surface area contributed by atoms with Gasteiger partial charge in [-0.1, -0.05) is 13.8 Å². The summed E-state index contributed by atoms with van der Waals surface area (Å²) >= 11 is 0. The minimum atomic E-state index is -0.133. The Bertz CT molecular complexity index is 257. The van der Waals surface area contributed by atoms with Crippen molar-refractivity contribution in [2.75, 3.05) is 6.54 Å². The van der Waals surface area contributed by atoms with Crippen molar-refractivity contribution in [2.45, 2.75) is 65.5 Å². The summed E-state index contributed by atoms with van der Waals surface area (Å²) in [5.41, 5.74) is -0.133. The molecule has 0 aromatic rings. The zero-order valence-electron chi connectivity index (χ0n) is 12.0. The van der Waals surface area contributed by atoms with Gasteiger partial charge in [0.05, 0.1) is 6.54 Å². The molecule has 1 rings (SSSR count). The molecule has 3 heteroatoms. The first-order chi connectivity index (χ1) is 7.78. The predicted octanol–water partition coefficient (Wildman–Crippen LogP) is 2.32. The lowest BCUT2D eigenvalue weighted by molar-refractivity contribution is -0.121. The molecule has 0 aromatic carbocycles. The first-order valence-electron chi connectivity index (χ1n) is 6.82. The summed E-state index contributed by atoms with van der Waals surface area (Å²) in [6.07, 6.45) is 3.76. The third kappa shape index (κ3) is 5.53. The molecular formula is C14H28N2O. The Hall–Kier alpha value is -0.570. The Kier molecular flexibility index (Phi) is 4.99. The Morgan fingerprint density at radius 1 is 1.24 bits per heavy atom. The van der Waals surface area contributed by atoms with Gasteiger partial charge >= 0.3 is 0 Å². The molecule has 0 aromatic heterocycles. The Labute approximate surface area is 106 Å². The summed E-state index contributed by atoms with van der Waals surface area (Å²) in [6, 6.07) is 0.511. The molecule has 1 aliphatic carbocycles. The molecule has 0 bridgehead atoms. The number of hydrogen-bond acceptors (Lipinski definition) is 2. The second-order valence-corrected chi connectivity index (χ2v) is 6.68. The molecule has 100 valence electrons. The molecule has 0 radical (unpaired) electrons. The van der Waals surface area contributed by atoms with Crippen LogP contribution in [-0.2, 0) is 4.79 Å². The molecular weight excluding hydrogens is 212 g/mol. The van der Waals surface area contributed by atoms with Gasteiger partial charge in [-0.15, -0.1) is 0 Å². The molecule has 0 aliphatic heterocycles. The first-order valence-corrected chi connectivity index (χ1v) is 6.82. The summed E-state index contributed by atoms with van der Waals surface area (Å²) in [6.45, 7) is 11.1. The third-order valence-corrected chi connectivity index (χ3v) is 3.47. The maximum absolute atomic E-state index is 11.7. The van der Waals surface area contributed by atoms with Crippen molar-refractivity contribution in [3.63, 3.8) is 0 Å². The summed E-state index contributed by atoms with van der Waals surface area (Å²) in [7, 11) is 0. The molecule has 2 N–H and O–H groups in total. The van der Waals surface area contributed by atoms with Gasteiger partial charge in [-0.3, -0.25) is 4.79 Å². The standard InChI is InChI=1S/C14H28N2O/c1-10-6-7-12(11(2)8-10)15-9-13(17)16-14(3,4)5/h10-12,15H,6-9H2,1-5H3,(H,16,17). The van der Waals surface area contributed by atoms with Crippen molar-refractivity contribution >= 4 is 5.91 Å². The monoisotopic (exact) mass is 240 g/mol. The van der Waals surface area contributed by atoms with Crippen LogP contribution in [0.15, 0.2) is 0 Å². The van der Waals surface area contributed by atoms with Crippen LogP contribution in [0.3, 0.4) is 0 Å². The third-order valence-electron chi connectivity index (χ3n) is 3.47. The number of nitrogens with one attached hydrogen (secondary N) is 2. The minimum Gasteiger partial charge on any atom is -0.350 e. The van der Waals surface area contributed by atoms with Crippen LogP contribution in [0.5, 0.6) is 0 Å². The highest BCUT2D eigenvalue weighted by Gasteiger charge is 2.25. The number of rotatable bonds is 3. The summed E-state index contributed by atoms with van der Waals surface area (Å²) in [5.74, 6) is 1.62. The van der Waals surface area contributed by atoms with Crippen LogP contribution in [-0.4, -0.2) is 24.0 Å². The zero-order chi connectivity index (χ0) is 13.1. The lowest BCUT2D eigenvalue weighted by atomic mass is 9.80. The van der Waals surface area contributed by atoms with Gasteiger partial charge in [0.15, 0.2) is 0 Å². The average Bonchev–Trinajstić information content (AvgIpc) is 2.13. The van der Waals surface area contributed by atoms with Crippen LogP contribution >= 0.6 is 0 Å². The fraction of sp³-hybridized carbons (Fsp3) is 0.929. The van der Waals surface area contributed by atoms with Crippen LogP contribution in [0.2, 0.25) is 0 Å². The van der Waals surface area contributed by atoms with Crippen molar-refractivity contribution in [3.8, 4) is 0 Å². The van der Waals surface area contributed by atoms with E-state index in [1.807, 2.05) is 20.8 Å². The summed E-state index contributed by atoms with van der Waals surface area (Å²) in [5, 5.41) is 6.38. The van der Waals surface area contributed by atoms with E-state index in [0.29, 0.717) is 18.5 Å². The lowest BCUT2D eigenvalue weighted by Gasteiger charge is -2.33. The van der Waals surface area contributed by atoms with Crippen molar-refractivity contribution in [1.82, 2.24) is 10.6 Å². The number of carbonyl (C=O) groups excluding carboxylic acids is 1. The van der Waals surface area contributed by atoms with Crippen LogP contribution in [0, 0.1) is 11.8 Å². The van der Waals surface area contributed by atoms with E-state index in [2.05, 4.69) is 24.5 Å². The Morgan fingerprint density at radius 2 is 1.88 bits per heavy atom. The van der Waals surface area contributed by atoms with Crippen LogP contribution in [0.1, 0.15) is 53.9 Å². The van der Waals surface area contributed by atoms with E-state index in [1.54, 1.807) is 0 Å². The molecule has 1 saturated carbocycles. The van der Waals surface area contributed by atoms with E-state index in [4.69, 9.17) is 0 Å². The van der Waals surface area contributed by atoms with Crippen LogP contribution < -0.4 is 10.6 Å². The largest absolute Gasteiger partial charge is 0.350 e. The highest BCUT2D eigenvalue weighted by molar-refractivity contribution is 5.78. The van der Waals surface area contributed by atoms with Gasteiger partial charge in [-0.25, -0.2) is 0 Å². The zero-order valence-corrected chi connectivity index (χ0v) is 12.0. The van der Waals surface area contributed by atoms with Gasteiger partial charge in [0.25, 0.3) is 0 Å². The minimum absolute atomic E-state index is 0.100. The van der Waals surface area contributed by atoms with Gasteiger partial charge in [0, 0.05) is 11.6 Å². The molecule has 17 heavy (non-hydrogen) atoms. The molecule has 0 spiro atoms. The number of hydrogen-bond donors (Lipinski definition) is 2. The van der Waals surface area contributed by atoms with E-state index in [9.17, 15) is 4.79 Å². The second-order valence-electron chi connectivity index (χ2n) is 6.68. The van der Waals surface area contributed by atoms with Crippen molar-refractivity contribution < 1.29 is 4.79 Å². The van der Waals surface area contributed by atoms with Crippen LogP contribution in [0.4, 0.5) is 0 Å². The second kappa shape index (κ2) is 5.85. The molecule has 0 saturated heterocycles. The number of amides is 1. The first kappa shape index (κ1) is 14.5. The van der Waals surface area contributed by atoms with Crippen molar-refractivity contribution in [1.29, 1.82) is 0 Å². The SMILES string of the molecule is CC1CCC(NCC(=O)NC(C)(C)C)C(C)C1. The Morgan fingerprint density at radius 3 is 2.41 bits per heavy atom. The van der Waals surface area contributed by atoms with Gasteiger partial charge in [0.2, 0.25) is 5.91 Å². The molecule has 1 amide bonds. The molecule has 0 heterocycles. The van der Waals surface area contributed by atoms with Crippen LogP contribution in [0.25, 0.3) is 0 Å². The van der Waals surface area contributed by atoms with E-state index >= 15 is 0 Å². The fourth-order valence-corrected chi connectivity index (χ4v) is 2.65. The van der Waals surface area contributed by atoms with Crippen molar-refractivity contribution in [2.24, 2.45) is 11.8 Å². The normalized spacial score (nSPS) is 30.1. The Balaban J connectivity index is 2.28. The topological polar surface area (TPSA) is 41.1 Å². The van der Waals surface area contributed by atoms with E-state index in [-0.39, 0.29) is 11.4 Å². The maximum atomic E-state index is 11.7. The highest BCUT2D eigenvalue weighted by Crippen LogP contribution is 2.28.